The zero-order valence-electron chi connectivity index (χ0n) is 14.9. The van der Waals surface area contributed by atoms with Gasteiger partial charge in [0.05, 0.1) is 5.52 Å². The van der Waals surface area contributed by atoms with Crippen molar-refractivity contribution in [2.75, 3.05) is 19.6 Å². The zero-order valence-corrected chi connectivity index (χ0v) is 14.9. The topological polar surface area (TPSA) is 62.3 Å². The largest absolute Gasteiger partial charge is 0.356 e. The number of nitrogens with zero attached hydrogens (tertiary/aromatic N) is 2. The predicted octanol–water partition coefficient (Wildman–Crippen LogP) is 2.86. The van der Waals surface area contributed by atoms with Crippen LogP contribution in [0.25, 0.3) is 10.9 Å². The third-order valence-electron chi connectivity index (χ3n) is 4.71. The molecular weight excluding hydrogens is 314 g/mol. The molecule has 1 aliphatic rings. The molecule has 1 N–H and O–H groups in total. The summed E-state index contributed by atoms with van der Waals surface area (Å²) in [6.07, 6.45) is 1.99. The first kappa shape index (κ1) is 17.4. The second kappa shape index (κ2) is 7.64. The molecule has 25 heavy (non-hydrogen) atoms. The van der Waals surface area contributed by atoms with Crippen molar-refractivity contribution in [2.45, 2.75) is 26.7 Å². The first-order chi connectivity index (χ1) is 12.0. The molecule has 1 aliphatic heterocycles. The van der Waals surface area contributed by atoms with Crippen molar-refractivity contribution in [2.24, 2.45) is 11.8 Å². The molecule has 132 valence electrons. The van der Waals surface area contributed by atoms with Crippen LogP contribution < -0.4 is 5.32 Å². The lowest BCUT2D eigenvalue weighted by molar-refractivity contribution is -0.124. The minimum Gasteiger partial charge on any atom is -0.356 e. The van der Waals surface area contributed by atoms with Crippen LogP contribution in [0.4, 0.5) is 0 Å². The monoisotopic (exact) mass is 339 g/mol. The lowest BCUT2D eigenvalue weighted by atomic mass is 9.97. The van der Waals surface area contributed by atoms with Crippen molar-refractivity contribution < 1.29 is 9.59 Å². The Morgan fingerprint density at radius 1 is 1.24 bits per heavy atom. The maximum absolute atomic E-state index is 12.8. The van der Waals surface area contributed by atoms with E-state index in [9.17, 15) is 9.59 Å². The number of piperidine rings is 1. The molecule has 0 saturated carbocycles. The number of aromatic nitrogens is 1. The number of hydrogen-bond donors (Lipinski definition) is 1. The number of benzene rings is 1. The molecule has 1 fully saturated rings. The third kappa shape index (κ3) is 4.16. The van der Waals surface area contributed by atoms with Gasteiger partial charge >= 0.3 is 0 Å². The number of pyridine rings is 1. The summed E-state index contributed by atoms with van der Waals surface area (Å²) in [7, 11) is 0. The van der Waals surface area contributed by atoms with Crippen molar-refractivity contribution >= 4 is 22.7 Å². The molecule has 5 nitrogen and oxygen atoms in total. The fraction of sp³-hybridized carbons (Fsp3) is 0.450. The first-order valence-electron chi connectivity index (χ1n) is 8.97. The molecular formula is C20H25N3O2. The molecule has 0 aliphatic carbocycles. The van der Waals surface area contributed by atoms with Crippen LogP contribution in [0.15, 0.2) is 36.4 Å². The molecule has 1 saturated heterocycles. The summed E-state index contributed by atoms with van der Waals surface area (Å²) in [5, 5.41) is 4.02. The molecule has 0 spiro atoms. The lowest BCUT2D eigenvalue weighted by Gasteiger charge is -2.32. The Hall–Kier alpha value is -2.43. The third-order valence-corrected chi connectivity index (χ3v) is 4.71. The Morgan fingerprint density at radius 3 is 2.84 bits per heavy atom. The Bertz CT molecular complexity index is 772. The van der Waals surface area contributed by atoms with Crippen LogP contribution in [-0.2, 0) is 4.79 Å². The normalized spacial score (nSPS) is 17.7. The number of rotatable bonds is 4. The minimum absolute atomic E-state index is 0.0110. The second-order valence-corrected chi connectivity index (χ2v) is 7.05. The van der Waals surface area contributed by atoms with Gasteiger partial charge in [0.2, 0.25) is 5.91 Å². The highest BCUT2D eigenvalue weighted by molar-refractivity contribution is 5.95. The van der Waals surface area contributed by atoms with E-state index in [2.05, 4.69) is 10.3 Å². The summed E-state index contributed by atoms with van der Waals surface area (Å²) in [6.45, 7) is 5.83. The highest BCUT2D eigenvalue weighted by Crippen LogP contribution is 2.19. The van der Waals surface area contributed by atoms with Crippen LogP contribution in [0.3, 0.4) is 0 Å². The van der Waals surface area contributed by atoms with Crippen LogP contribution in [0.1, 0.15) is 37.2 Å². The number of likely N-dealkylation sites (tertiary alicyclic amines) is 1. The number of amides is 2. The SMILES string of the molecule is CC(C)C(=O)NC[C@H]1CCCN(C(=O)c2ccc3ccccc3n2)C1. The number of nitrogens with one attached hydrogen (secondary N) is 1. The summed E-state index contributed by atoms with van der Waals surface area (Å²) in [5.41, 5.74) is 1.33. The van der Waals surface area contributed by atoms with E-state index in [-0.39, 0.29) is 17.7 Å². The van der Waals surface area contributed by atoms with Crippen LogP contribution in [0.5, 0.6) is 0 Å². The van der Waals surface area contributed by atoms with Crippen molar-refractivity contribution in [3.8, 4) is 0 Å². The average Bonchev–Trinajstić information content (AvgIpc) is 2.65. The van der Waals surface area contributed by atoms with E-state index in [1.54, 1.807) is 6.07 Å². The highest BCUT2D eigenvalue weighted by atomic mass is 16.2. The number of carbonyl (C=O) groups excluding carboxylic acids is 2. The van der Waals surface area contributed by atoms with E-state index >= 15 is 0 Å². The number of carbonyl (C=O) groups is 2. The number of fused-ring (bicyclic) bond motifs is 1. The Balaban J connectivity index is 1.65. The summed E-state index contributed by atoms with van der Waals surface area (Å²) < 4.78 is 0. The fourth-order valence-corrected chi connectivity index (χ4v) is 3.21. The van der Waals surface area contributed by atoms with Gasteiger partial charge in [0.25, 0.3) is 5.91 Å². The molecule has 3 rings (SSSR count). The van der Waals surface area contributed by atoms with Gasteiger partial charge in [-0.2, -0.15) is 0 Å². The quantitative estimate of drug-likeness (QED) is 0.932. The Labute approximate surface area is 148 Å². The van der Waals surface area contributed by atoms with Gasteiger partial charge in [0, 0.05) is 30.9 Å². The van der Waals surface area contributed by atoms with Gasteiger partial charge in [0.1, 0.15) is 5.69 Å². The summed E-state index contributed by atoms with van der Waals surface area (Å²) >= 11 is 0. The van der Waals surface area contributed by atoms with Gasteiger partial charge in [-0.1, -0.05) is 38.1 Å². The second-order valence-electron chi connectivity index (χ2n) is 7.05. The molecule has 1 aromatic carbocycles. The fourth-order valence-electron chi connectivity index (χ4n) is 3.21. The van der Waals surface area contributed by atoms with E-state index in [1.807, 2.05) is 49.1 Å². The van der Waals surface area contributed by atoms with Crippen molar-refractivity contribution in [3.63, 3.8) is 0 Å². The van der Waals surface area contributed by atoms with Crippen LogP contribution in [0.2, 0.25) is 0 Å². The molecule has 2 amide bonds. The highest BCUT2D eigenvalue weighted by Gasteiger charge is 2.25. The maximum Gasteiger partial charge on any atom is 0.272 e. The number of para-hydroxylation sites is 1. The Kier molecular flexibility index (Phi) is 5.31. The van der Waals surface area contributed by atoms with Crippen LogP contribution in [0, 0.1) is 11.8 Å². The minimum atomic E-state index is -0.0226. The average molecular weight is 339 g/mol. The molecule has 5 heteroatoms. The number of hydrogen-bond acceptors (Lipinski definition) is 3. The molecule has 2 heterocycles. The smallest absolute Gasteiger partial charge is 0.272 e. The zero-order chi connectivity index (χ0) is 17.8. The van der Waals surface area contributed by atoms with Gasteiger partial charge in [-0.05, 0) is 30.9 Å². The van der Waals surface area contributed by atoms with Gasteiger partial charge in [-0.25, -0.2) is 4.98 Å². The van der Waals surface area contributed by atoms with Crippen molar-refractivity contribution in [3.05, 3.63) is 42.1 Å². The van der Waals surface area contributed by atoms with E-state index in [0.717, 1.165) is 30.3 Å². The molecule has 2 aromatic rings. The van der Waals surface area contributed by atoms with Gasteiger partial charge in [-0.15, -0.1) is 0 Å². The molecule has 1 aromatic heterocycles. The van der Waals surface area contributed by atoms with E-state index in [4.69, 9.17) is 0 Å². The lowest BCUT2D eigenvalue weighted by Crippen LogP contribution is -2.44. The maximum atomic E-state index is 12.8. The summed E-state index contributed by atoms with van der Waals surface area (Å²) in [6, 6.07) is 11.6. The molecule has 1 atom stereocenters. The van der Waals surface area contributed by atoms with E-state index in [1.165, 1.54) is 0 Å². The molecule has 0 bridgehead atoms. The molecule has 0 radical (unpaired) electrons. The first-order valence-corrected chi connectivity index (χ1v) is 8.97. The van der Waals surface area contributed by atoms with Gasteiger partial charge in [0.15, 0.2) is 0 Å². The standard InChI is InChI=1S/C20H25N3O2/c1-14(2)19(24)21-12-15-6-5-11-23(13-15)20(25)18-10-9-16-7-3-4-8-17(16)22-18/h3-4,7-10,14-15H,5-6,11-13H2,1-2H3,(H,21,24)/t15-/m1/s1. The predicted molar refractivity (Wildman–Crippen MR) is 98.2 cm³/mol. The van der Waals surface area contributed by atoms with E-state index < -0.39 is 0 Å². The summed E-state index contributed by atoms with van der Waals surface area (Å²) in [4.78, 5) is 30.9. The van der Waals surface area contributed by atoms with Crippen LogP contribution >= 0.6 is 0 Å². The molecule has 0 unspecified atom stereocenters. The van der Waals surface area contributed by atoms with Crippen molar-refractivity contribution in [1.82, 2.24) is 15.2 Å². The van der Waals surface area contributed by atoms with Crippen molar-refractivity contribution in [1.29, 1.82) is 0 Å². The van der Waals surface area contributed by atoms with Gasteiger partial charge < -0.3 is 10.2 Å². The van der Waals surface area contributed by atoms with Crippen LogP contribution in [-0.4, -0.2) is 41.3 Å². The Morgan fingerprint density at radius 2 is 2.04 bits per heavy atom. The van der Waals surface area contributed by atoms with E-state index in [0.29, 0.717) is 24.7 Å². The van der Waals surface area contributed by atoms with Gasteiger partial charge in [-0.3, -0.25) is 9.59 Å². The summed E-state index contributed by atoms with van der Waals surface area (Å²) in [5.74, 6) is 0.342.